The molecule has 0 amide bonds. The number of phenols is 1. The molecule has 5 N–H and O–H groups in total. The van der Waals surface area contributed by atoms with Crippen LogP contribution in [0.1, 0.15) is 22.8 Å². The van der Waals surface area contributed by atoms with Crippen LogP contribution in [-0.4, -0.2) is 76.4 Å². The molecule has 0 aliphatic heterocycles. The van der Waals surface area contributed by atoms with Crippen LogP contribution in [0.2, 0.25) is 0 Å². The standard InChI is InChI=1S/C23H22N4O14S4/c1-14(28)18-8-7-16(43(32,33)34)11-19(18)24-26-23(15-5-3-2-4-6-15)27-25-20-12-17(13-21(22(20)29)44(35,36)37)42(30,31)10-9-41-45(38,39)40/h2-8,11-13,25,29H,9-10H2,1H3,(H,32,33,34)(H,35,36,37)(H,38,39,40). The normalized spacial score (nSPS) is 13.2. The molecule has 0 spiro atoms. The molecule has 242 valence electrons. The van der Waals surface area contributed by atoms with Gasteiger partial charge in [0, 0.05) is 11.1 Å². The molecule has 3 aromatic carbocycles. The van der Waals surface area contributed by atoms with Crippen molar-refractivity contribution in [3.05, 3.63) is 71.8 Å². The SMILES string of the molecule is CC(=O)c1ccc(S(=O)(=O)O)cc1N=NC(=NNc1cc(S(=O)(=O)CCOS(=O)(=O)O)cc(S(=O)(=O)O)c1O)c1ccccc1. The Kier molecular flexibility index (Phi) is 10.6. The minimum absolute atomic E-state index is 0.0992. The lowest BCUT2D eigenvalue weighted by atomic mass is 10.1. The van der Waals surface area contributed by atoms with Gasteiger partial charge in [0.15, 0.2) is 21.4 Å². The molecule has 3 aromatic rings. The lowest BCUT2D eigenvalue weighted by Gasteiger charge is -2.12. The molecule has 0 heterocycles. The smallest absolute Gasteiger partial charge is 0.397 e. The monoisotopic (exact) mass is 706 g/mol. The third-order valence-corrected chi connectivity index (χ3v) is 9.32. The first-order valence-corrected chi connectivity index (χ1v) is 17.7. The number of benzene rings is 3. The molecule has 22 heteroatoms. The maximum Gasteiger partial charge on any atom is 0.397 e. The Labute approximate surface area is 256 Å². The fourth-order valence-corrected chi connectivity index (χ4v) is 6.15. The fourth-order valence-electron chi connectivity index (χ4n) is 3.41. The van der Waals surface area contributed by atoms with Crippen molar-refractivity contribution < 1.29 is 61.4 Å². The van der Waals surface area contributed by atoms with Gasteiger partial charge < -0.3 is 5.11 Å². The maximum absolute atomic E-state index is 12.8. The number of phenolic OH excluding ortho intramolecular Hbond substituents is 1. The number of carbonyl (C=O) groups is 1. The summed E-state index contributed by atoms with van der Waals surface area (Å²) in [5.41, 5.74) is 1.27. The summed E-state index contributed by atoms with van der Waals surface area (Å²) in [5.74, 6) is -3.20. The van der Waals surface area contributed by atoms with Crippen LogP contribution in [0.4, 0.5) is 11.4 Å². The highest BCUT2D eigenvalue weighted by atomic mass is 32.3. The van der Waals surface area contributed by atoms with Crippen LogP contribution in [0, 0.1) is 0 Å². The van der Waals surface area contributed by atoms with Gasteiger partial charge in [0.1, 0.15) is 10.6 Å². The first-order valence-electron chi connectivity index (χ1n) is 11.8. The van der Waals surface area contributed by atoms with Gasteiger partial charge in [-0.3, -0.25) is 23.9 Å². The van der Waals surface area contributed by atoms with Gasteiger partial charge in [-0.05, 0) is 37.3 Å². The molecule has 18 nitrogen and oxygen atoms in total. The Morgan fingerprint density at radius 2 is 1.49 bits per heavy atom. The highest BCUT2D eigenvalue weighted by Gasteiger charge is 2.26. The van der Waals surface area contributed by atoms with Crippen molar-refractivity contribution >= 4 is 63.5 Å². The number of hydrogen-bond acceptors (Lipinski definition) is 14. The molecule has 0 saturated carbocycles. The molecule has 0 aliphatic rings. The largest absolute Gasteiger partial charge is 0.504 e. The molecule has 0 fully saturated rings. The quantitative estimate of drug-likeness (QED) is 0.0343. The minimum atomic E-state index is -5.26. The Morgan fingerprint density at radius 1 is 0.844 bits per heavy atom. The minimum Gasteiger partial charge on any atom is -0.504 e. The fraction of sp³-hybridized carbons (Fsp3) is 0.130. The number of ketones is 1. The average molecular weight is 707 g/mol. The molecule has 0 radical (unpaired) electrons. The van der Waals surface area contributed by atoms with E-state index < -0.39 is 84.7 Å². The van der Waals surface area contributed by atoms with E-state index in [1.54, 1.807) is 6.07 Å². The predicted molar refractivity (Wildman–Crippen MR) is 155 cm³/mol. The zero-order chi connectivity index (χ0) is 33.8. The van der Waals surface area contributed by atoms with Crippen LogP contribution in [0.3, 0.4) is 0 Å². The number of anilines is 1. The maximum atomic E-state index is 12.8. The number of hydrogen-bond donors (Lipinski definition) is 5. The van der Waals surface area contributed by atoms with E-state index in [1.165, 1.54) is 24.3 Å². The number of rotatable bonds is 12. The van der Waals surface area contributed by atoms with E-state index in [4.69, 9.17) is 4.55 Å². The summed E-state index contributed by atoms with van der Waals surface area (Å²) in [6.07, 6.45) is 0. The van der Waals surface area contributed by atoms with Crippen LogP contribution in [-0.2, 0) is 44.7 Å². The van der Waals surface area contributed by atoms with Crippen molar-refractivity contribution in [3.63, 3.8) is 0 Å². The second-order valence-corrected chi connectivity index (χ2v) is 14.7. The molecule has 3 rings (SSSR count). The third kappa shape index (κ3) is 9.66. The number of Topliss-reactive ketones (excluding diaryl/α,β-unsaturated/α-hetero) is 1. The molecule has 0 aliphatic carbocycles. The number of hydrazone groups is 1. The van der Waals surface area contributed by atoms with Crippen LogP contribution < -0.4 is 5.43 Å². The van der Waals surface area contributed by atoms with E-state index >= 15 is 0 Å². The van der Waals surface area contributed by atoms with Gasteiger partial charge in [0.25, 0.3) is 20.2 Å². The van der Waals surface area contributed by atoms with Gasteiger partial charge in [0.05, 0.1) is 27.8 Å². The summed E-state index contributed by atoms with van der Waals surface area (Å²) in [6, 6.07) is 11.6. The van der Waals surface area contributed by atoms with E-state index in [0.717, 1.165) is 25.1 Å². The predicted octanol–water partition coefficient (Wildman–Crippen LogP) is 2.24. The number of azo groups is 1. The van der Waals surface area contributed by atoms with Crippen molar-refractivity contribution in [2.24, 2.45) is 15.3 Å². The number of aromatic hydroxyl groups is 1. The van der Waals surface area contributed by atoms with Crippen LogP contribution in [0.5, 0.6) is 5.75 Å². The van der Waals surface area contributed by atoms with Gasteiger partial charge in [-0.1, -0.05) is 30.3 Å². The number of nitrogens with one attached hydrogen (secondary N) is 1. The van der Waals surface area contributed by atoms with E-state index in [0.29, 0.717) is 12.1 Å². The lowest BCUT2D eigenvalue weighted by molar-refractivity contribution is 0.101. The summed E-state index contributed by atoms with van der Waals surface area (Å²) in [5, 5.41) is 22.2. The first kappa shape index (κ1) is 35.3. The zero-order valence-electron chi connectivity index (χ0n) is 22.5. The second kappa shape index (κ2) is 13.5. The van der Waals surface area contributed by atoms with Crippen molar-refractivity contribution in [1.29, 1.82) is 0 Å². The molecule has 0 saturated heterocycles. The van der Waals surface area contributed by atoms with Crippen LogP contribution in [0.15, 0.2) is 90.7 Å². The molecule has 45 heavy (non-hydrogen) atoms. The van der Waals surface area contributed by atoms with E-state index in [2.05, 4.69) is 24.9 Å². The van der Waals surface area contributed by atoms with Crippen LogP contribution >= 0.6 is 0 Å². The van der Waals surface area contributed by atoms with Crippen molar-refractivity contribution in [2.45, 2.75) is 21.6 Å². The first-order chi connectivity index (χ1) is 20.7. The Morgan fingerprint density at radius 3 is 2.04 bits per heavy atom. The number of amidine groups is 1. The Hall–Kier alpha value is -4.16. The van der Waals surface area contributed by atoms with E-state index in [-0.39, 0.29) is 22.6 Å². The number of nitrogens with zero attached hydrogens (tertiary/aromatic N) is 3. The van der Waals surface area contributed by atoms with Gasteiger partial charge in [-0.2, -0.15) is 30.4 Å². The third-order valence-electron chi connectivity index (χ3n) is 5.48. The van der Waals surface area contributed by atoms with E-state index in [1.807, 2.05) is 0 Å². The molecule has 0 aromatic heterocycles. The zero-order valence-corrected chi connectivity index (χ0v) is 25.8. The Balaban J connectivity index is 2.15. The molecule has 0 atom stereocenters. The van der Waals surface area contributed by atoms with Gasteiger partial charge in [-0.15, -0.1) is 10.2 Å². The van der Waals surface area contributed by atoms with E-state index in [9.17, 15) is 52.7 Å². The summed E-state index contributed by atoms with van der Waals surface area (Å²) >= 11 is 0. The summed E-state index contributed by atoms with van der Waals surface area (Å²) in [6.45, 7) is 0.0738. The van der Waals surface area contributed by atoms with Crippen molar-refractivity contribution in [3.8, 4) is 5.75 Å². The van der Waals surface area contributed by atoms with Gasteiger partial charge in [0.2, 0.25) is 5.84 Å². The Bertz CT molecular complexity index is 2130. The van der Waals surface area contributed by atoms with Crippen molar-refractivity contribution in [1.82, 2.24) is 0 Å². The molecular weight excluding hydrogens is 685 g/mol. The highest BCUT2D eigenvalue weighted by molar-refractivity contribution is 7.91. The summed E-state index contributed by atoms with van der Waals surface area (Å²) in [7, 11) is -19.6. The molecule has 0 bridgehead atoms. The van der Waals surface area contributed by atoms with Crippen LogP contribution in [0.25, 0.3) is 0 Å². The topological polar surface area (TPSA) is 293 Å². The van der Waals surface area contributed by atoms with Gasteiger partial charge >= 0.3 is 10.4 Å². The summed E-state index contributed by atoms with van der Waals surface area (Å²) < 4.78 is 126. The molecule has 0 unspecified atom stereocenters. The number of carbonyl (C=O) groups excluding carboxylic acids is 1. The average Bonchev–Trinajstić information content (AvgIpc) is 2.92. The lowest BCUT2D eigenvalue weighted by Crippen LogP contribution is -2.16. The summed E-state index contributed by atoms with van der Waals surface area (Å²) in [4.78, 5) is 9.32. The molecular formula is C23H22N4O14S4. The highest BCUT2D eigenvalue weighted by Crippen LogP contribution is 2.35. The van der Waals surface area contributed by atoms with Crippen molar-refractivity contribution in [2.75, 3.05) is 17.8 Å². The second-order valence-electron chi connectivity index (χ2n) is 8.68. The van der Waals surface area contributed by atoms with Gasteiger partial charge in [-0.25, -0.2) is 12.6 Å². The number of sulfone groups is 1.